The van der Waals surface area contributed by atoms with E-state index in [9.17, 15) is 4.57 Å². The van der Waals surface area contributed by atoms with Crippen LogP contribution in [0.1, 0.15) is 0 Å². The van der Waals surface area contributed by atoms with Crippen LogP contribution in [-0.2, 0) is 4.57 Å². The summed E-state index contributed by atoms with van der Waals surface area (Å²) in [5.74, 6) is 0. The molecular weight excluding hydrogens is 147 g/mol. The van der Waals surface area contributed by atoms with Crippen molar-refractivity contribution in [3.63, 3.8) is 0 Å². The van der Waals surface area contributed by atoms with Crippen LogP contribution in [0, 0.1) is 0 Å². The van der Waals surface area contributed by atoms with Gasteiger partial charge in [0.2, 0.25) is 7.95 Å². The molecule has 4 heteroatoms. The summed E-state index contributed by atoms with van der Waals surface area (Å²) in [5.41, 5.74) is 0.739. The molecule has 0 fully saturated rings. The zero-order chi connectivity index (χ0) is 6.97. The van der Waals surface area contributed by atoms with E-state index in [1.54, 1.807) is 12.1 Å². The van der Waals surface area contributed by atoms with E-state index in [1.165, 1.54) is 0 Å². The highest BCUT2D eigenvalue weighted by atomic mass is 31.1. The van der Waals surface area contributed by atoms with Gasteiger partial charge in [0.15, 0.2) is 0 Å². The highest BCUT2D eigenvalue weighted by molar-refractivity contribution is 7.52. The van der Waals surface area contributed by atoms with Gasteiger partial charge in [0.25, 0.3) is 0 Å². The summed E-state index contributed by atoms with van der Waals surface area (Å²) in [5, 5.41) is 4.47. The number of hydrogen-bond acceptors (Lipinski definition) is 2. The topological polar surface area (TPSA) is 41.8 Å². The van der Waals surface area contributed by atoms with E-state index in [-0.39, 0.29) is 0 Å². The van der Waals surface area contributed by atoms with E-state index >= 15 is 0 Å². The van der Waals surface area contributed by atoms with Crippen LogP contribution in [0.4, 0.5) is 5.69 Å². The fraction of sp³-hybridized carbons (Fsp3) is 0. The SMILES string of the molecule is O=[P]1N=Nc2ccccc21. The zero-order valence-corrected chi connectivity index (χ0v) is 5.95. The van der Waals surface area contributed by atoms with Crippen molar-refractivity contribution in [3.05, 3.63) is 24.3 Å². The van der Waals surface area contributed by atoms with Crippen molar-refractivity contribution in [3.8, 4) is 0 Å². The van der Waals surface area contributed by atoms with Crippen LogP contribution in [0.3, 0.4) is 0 Å². The van der Waals surface area contributed by atoms with Crippen molar-refractivity contribution >= 4 is 18.9 Å². The average Bonchev–Trinajstić information content (AvgIpc) is 2.34. The van der Waals surface area contributed by atoms with Crippen molar-refractivity contribution in [2.24, 2.45) is 10.00 Å². The molecule has 1 aliphatic heterocycles. The summed E-state index contributed by atoms with van der Waals surface area (Å²) in [7, 11) is -1.57. The van der Waals surface area contributed by atoms with Gasteiger partial charge in [-0.1, -0.05) is 17.0 Å². The Bertz CT molecular complexity index is 321. The summed E-state index contributed by atoms with van der Waals surface area (Å²) < 4.78 is 11.0. The molecule has 2 rings (SSSR count). The Morgan fingerprint density at radius 2 is 2.10 bits per heavy atom. The van der Waals surface area contributed by atoms with Crippen molar-refractivity contribution in [1.29, 1.82) is 0 Å². The summed E-state index contributed by atoms with van der Waals surface area (Å²) in [4.78, 5) is 3.54. The maximum Gasteiger partial charge on any atom is 0.249 e. The average molecular weight is 151 g/mol. The second kappa shape index (κ2) is 1.96. The Balaban J connectivity index is 2.70. The van der Waals surface area contributed by atoms with Gasteiger partial charge in [-0.05, 0) is 12.1 Å². The third-order valence-electron chi connectivity index (χ3n) is 1.32. The lowest BCUT2D eigenvalue weighted by atomic mass is 10.3. The van der Waals surface area contributed by atoms with Gasteiger partial charge in [0, 0.05) is 0 Å². The molecular formula is C6H4N2OP. The number of benzene rings is 1. The Kier molecular flexibility index (Phi) is 1.11. The van der Waals surface area contributed by atoms with Crippen molar-refractivity contribution < 1.29 is 4.57 Å². The van der Waals surface area contributed by atoms with Gasteiger partial charge < -0.3 is 0 Å². The first kappa shape index (κ1) is 5.69. The van der Waals surface area contributed by atoms with E-state index in [1.807, 2.05) is 12.1 Å². The molecule has 1 unspecified atom stereocenters. The minimum Gasteiger partial charge on any atom is -0.254 e. The maximum atomic E-state index is 11.0. The predicted molar refractivity (Wildman–Crippen MR) is 38.2 cm³/mol. The molecule has 1 heterocycles. The smallest absolute Gasteiger partial charge is 0.249 e. The molecule has 0 aromatic heterocycles. The summed E-state index contributed by atoms with van der Waals surface area (Å²) >= 11 is 0. The van der Waals surface area contributed by atoms with Crippen LogP contribution in [0.25, 0.3) is 0 Å². The maximum absolute atomic E-state index is 11.0. The molecule has 49 valence electrons. The monoisotopic (exact) mass is 151 g/mol. The Morgan fingerprint density at radius 3 is 2.90 bits per heavy atom. The first-order valence-electron chi connectivity index (χ1n) is 2.86. The van der Waals surface area contributed by atoms with Crippen molar-refractivity contribution in [2.45, 2.75) is 0 Å². The lowest BCUT2D eigenvalue weighted by molar-refractivity contribution is 0.594. The lowest BCUT2D eigenvalue weighted by Crippen LogP contribution is -1.89. The van der Waals surface area contributed by atoms with Crippen molar-refractivity contribution in [1.82, 2.24) is 0 Å². The molecule has 3 nitrogen and oxygen atoms in total. The zero-order valence-electron chi connectivity index (χ0n) is 5.06. The molecule has 0 bridgehead atoms. The Hall–Kier alpha value is -1.08. The largest absolute Gasteiger partial charge is 0.254 e. The molecule has 0 saturated carbocycles. The van der Waals surface area contributed by atoms with Crippen LogP contribution >= 0.6 is 7.95 Å². The second-order valence-electron chi connectivity index (χ2n) is 1.95. The molecule has 0 N–H and O–H groups in total. The Morgan fingerprint density at radius 1 is 1.30 bits per heavy atom. The standard InChI is InChI=1S/C6H4N2OP/c9-10-6-4-2-1-3-5(6)7-8-10/h1-4H. The van der Waals surface area contributed by atoms with Crippen LogP contribution < -0.4 is 5.30 Å². The molecule has 1 aromatic carbocycles. The van der Waals surface area contributed by atoms with Gasteiger partial charge in [0.1, 0.15) is 5.69 Å². The first-order chi connectivity index (χ1) is 4.88. The molecule has 1 aromatic rings. The van der Waals surface area contributed by atoms with Crippen LogP contribution in [0.15, 0.2) is 34.3 Å². The van der Waals surface area contributed by atoms with Gasteiger partial charge in [-0.15, -0.1) is 5.11 Å². The van der Waals surface area contributed by atoms with Crippen LogP contribution in [0.2, 0.25) is 0 Å². The molecule has 0 saturated heterocycles. The van der Waals surface area contributed by atoms with Crippen LogP contribution in [-0.4, -0.2) is 0 Å². The second-order valence-corrected chi connectivity index (χ2v) is 3.16. The minimum absolute atomic E-state index is 0.739. The molecule has 0 amide bonds. The van der Waals surface area contributed by atoms with Gasteiger partial charge in [-0.2, -0.15) is 0 Å². The summed E-state index contributed by atoms with van der Waals surface area (Å²) in [6.07, 6.45) is 0. The predicted octanol–water partition coefficient (Wildman–Crippen LogP) is 2.15. The van der Waals surface area contributed by atoms with Crippen molar-refractivity contribution in [2.75, 3.05) is 0 Å². The summed E-state index contributed by atoms with van der Waals surface area (Å²) in [6, 6.07) is 7.28. The minimum atomic E-state index is -1.57. The Labute approximate surface area is 58.6 Å². The quantitative estimate of drug-likeness (QED) is 0.523. The van der Waals surface area contributed by atoms with Gasteiger partial charge >= 0.3 is 0 Å². The third-order valence-corrected chi connectivity index (χ3v) is 2.36. The summed E-state index contributed by atoms with van der Waals surface area (Å²) in [6.45, 7) is 0. The fourth-order valence-corrected chi connectivity index (χ4v) is 1.65. The van der Waals surface area contributed by atoms with Gasteiger partial charge in [0.05, 0.1) is 5.30 Å². The lowest BCUT2D eigenvalue weighted by Gasteiger charge is -1.87. The molecule has 0 spiro atoms. The van der Waals surface area contributed by atoms with E-state index in [2.05, 4.69) is 10.00 Å². The highest BCUT2D eigenvalue weighted by Gasteiger charge is 2.14. The molecule has 10 heavy (non-hydrogen) atoms. The number of nitrogens with zero attached hydrogens (tertiary/aromatic N) is 2. The molecule has 1 atom stereocenters. The first-order valence-corrected chi connectivity index (χ1v) is 4.07. The van der Waals surface area contributed by atoms with E-state index < -0.39 is 7.95 Å². The van der Waals surface area contributed by atoms with E-state index in [4.69, 9.17) is 0 Å². The molecule has 1 radical (unpaired) electrons. The van der Waals surface area contributed by atoms with E-state index in [0.29, 0.717) is 0 Å². The number of fused-ring (bicyclic) bond motifs is 1. The molecule has 1 aliphatic rings. The van der Waals surface area contributed by atoms with Gasteiger partial charge in [-0.3, -0.25) is 4.57 Å². The van der Waals surface area contributed by atoms with Crippen LogP contribution in [0.5, 0.6) is 0 Å². The van der Waals surface area contributed by atoms with E-state index in [0.717, 1.165) is 11.0 Å². The fourth-order valence-electron chi connectivity index (χ4n) is 0.847. The number of rotatable bonds is 0. The highest BCUT2D eigenvalue weighted by Crippen LogP contribution is 2.35. The normalized spacial score (nSPS) is 17.4. The number of hydrogen-bond donors (Lipinski definition) is 0. The third kappa shape index (κ3) is 0.677. The molecule has 0 aliphatic carbocycles. The van der Waals surface area contributed by atoms with Gasteiger partial charge in [-0.25, -0.2) is 0 Å².